The van der Waals surface area contributed by atoms with E-state index in [9.17, 15) is 9.59 Å². The number of fused-ring (bicyclic) bond motifs is 1. The van der Waals surface area contributed by atoms with E-state index in [4.69, 9.17) is 18.9 Å². The molecule has 0 radical (unpaired) electrons. The number of rotatable bonds is 7. The van der Waals surface area contributed by atoms with E-state index >= 15 is 0 Å². The van der Waals surface area contributed by atoms with E-state index in [1.165, 1.54) is 7.11 Å². The van der Waals surface area contributed by atoms with Gasteiger partial charge in [0.05, 0.1) is 32.9 Å². The maximum atomic E-state index is 13.5. The van der Waals surface area contributed by atoms with Gasteiger partial charge in [-0.05, 0) is 73.0 Å². The van der Waals surface area contributed by atoms with Crippen LogP contribution in [0.15, 0.2) is 60.7 Å². The summed E-state index contributed by atoms with van der Waals surface area (Å²) in [4.78, 5) is 27.1. The molecule has 0 unspecified atom stereocenters. The van der Waals surface area contributed by atoms with Gasteiger partial charge in [0.1, 0.15) is 12.4 Å². The number of carbonyl (C=O) groups excluding carboxylic acids is 2. The molecule has 0 fully saturated rings. The molecule has 0 bridgehead atoms. The van der Waals surface area contributed by atoms with Crippen molar-refractivity contribution in [3.05, 3.63) is 88.5 Å². The minimum atomic E-state index is -0.409. The lowest BCUT2D eigenvalue weighted by Gasteiger charge is -2.37. The quantitative estimate of drug-likeness (QED) is 0.465. The summed E-state index contributed by atoms with van der Waals surface area (Å²) < 4.78 is 21.9. The number of hydrogen-bond donors (Lipinski definition) is 0. The van der Waals surface area contributed by atoms with E-state index in [-0.39, 0.29) is 18.6 Å². The largest absolute Gasteiger partial charge is 0.493 e. The molecule has 4 rings (SSSR count). The Balaban J connectivity index is 1.66. The number of aryl methyl sites for hydroxylation is 1. The molecule has 182 valence electrons. The van der Waals surface area contributed by atoms with Gasteiger partial charge in [0.2, 0.25) is 0 Å². The number of ether oxygens (including phenoxy) is 4. The second-order valence-electron chi connectivity index (χ2n) is 8.36. The number of benzene rings is 3. The average Bonchev–Trinajstić information content (AvgIpc) is 2.90. The molecule has 0 saturated heterocycles. The number of nitrogens with zero attached hydrogens (tertiary/aromatic N) is 1. The van der Waals surface area contributed by atoms with E-state index in [1.54, 1.807) is 38.5 Å². The SMILES string of the molecule is COC(=O)c1ccc(OC[C@H]2c3cc(OC)c(OC)cc3CCN2C(=O)c2ccc(C)cc2)cc1. The first kappa shape index (κ1) is 24.1. The zero-order valence-corrected chi connectivity index (χ0v) is 20.4. The Kier molecular flexibility index (Phi) is 7.25. The van der Waals surface area contributed by atoms with Crippen LogP contribution >= 0.6 is 0 Å². The van der Waals surface area contributed by atoms with Gasteiger partial charge in [-0.1, -0.05) is 17.7 Å². The third kappa shape index (κ3) is 5.09. The van der Waals surface area contributed by atoms with Crippen LogP contribution in [-0.4, -0.2) is 51.3 Å². The van der Waals surface area contributed by atoms with Crippen molar-refractivity contribution in [3.63, 3.8) is 0 Å². The van der Waals surface area contributed by atoms with Crippen LogP contribution < -0.4 is 14.2 Å². The van der Waals surface area contributed by atoms with E-state index in [0.717, 1.165) is 16.7 Å². The molecule has 7 heteroatoms. The molecule has 1 aliphatic heterocycles. The Morgan fingerprint density at radius 1 is 0.886 bits per heavy atom. The van der Waals surface area contributed by atoms with Crippen molar-refractivity contribution in [1.29, 1.82) is 0 Å². The highest BCUT2D eigenvalue weighted by Crippen LogP contribution is 2.39. The Labute approximate surface area is 205 Å². The van der Waals surface area contributed by atoms with Crippen LogP contribution in [0.1, 0.15) is 43.4 Å². The lowest BCUT2D eigenvalue weighted by atomic mass is 9.91. The first-order valence-corrected chi connectivity index (χ1v) is 11.4. The first-order chi connectivity index (χ1) is 16.9. The first-order valence-electron chi connectivity index (χ1n) is 11.4. The third-order valence-corrected chi connectivity index (χ3v) is 6.25. The molecule has 3 aromatic carbocycles. The van der Waals surface area contributed by atoms with Crippen molar-refractivity contribution in [3.8, 4) is 17.2 Å². The fraction of sp³-hybridized carbons (Fsp3) is 0.286. The van der Waals surface area contributed by atoms with Gasteiger partial charge in [0, 0.05) is 12.1 Å². The number of methoxy groups -OCH3 is 3. The minimum absolute atomic E-state index is 0.0555. The van der Waals surface area contributed by atoms with Gasteiger partial charge in [0.15, 0.2) is 11.5 Å². The number of esters is 1. The van der Waals surface area contributed by atoms with Crippen molar-refractivity contribution in [2.45, 2.75) is 19.4 Å². The molecule has 1 heterocycles. The van der Waals surface area contributed by atoms with Crippen LogP contribution in [0.4, 0.5) is 0 Å². The van der Waals surface area contributed by atoms with Crippen molar-refractivity contribution in [2.24, 2.45) is 0 Å². The highest BCUT2D eigenvalue weighted by Gasteiger charge is 2.33. The monoisotopic (exact) mass is 475 g/mol. The summed E-state index contributed by atoms with van der Waals surface area (Å²) in [6.07, 6.45) is 0.692. The number of amides is 1. The summed E-state index contributed by atoms with van der Waals surface area (Å²) in [5.74, 6) is 1.38. The second kappa shape index (κ2) is 10.5. The normalized spacial score (nSPS) is 14.6. The zero-order chi connectivity index (χ0) is 24.9. The molecule has 0 saturated carbocycles. The van der Waals surface area contributed by atoms with Crippen LogP contribution in [0.3, 0.4) is 0 Å². The van der Waals surface area contributed by atoms with Gasteiger partial charge in [0.25, 0.3) is 5.91 Å². The van der Waals surface area contributed by atoms with Crippen molar-refractivity contribution in [1.82, 2.24) is 4.90 Å². The van der Waals surface area contributed by atoms with Crippen molar-refractivity contribution in [2.75, 3.05) is 34.5 Å². The van der Waals surface area contributed by atoms with Crippen molar-refractivity contribution < 1.29 is 28.5 Å². The van der Waals surface area contributed by atoms with E-state index in [0.29, 0.717) is 41.3 Å². The van der Waals surface area contributed by atoms with E-state index in [2.05, 4.69) is 0 Å². The Hall–Kier alpha value is -4.00. The molecule has 7 nitrogen and oxygen atoms in total. The molecule has 1 amide bonds. The molecule has 1 aliphatic rings. The molecule has 0 aliphatic carbocycles. The summed E-state index contributed by atoms with van der Waals surface area (Å²) in [6, 6.07) is 17.9. The average molecular weight is 476 g/mol. The van der Waals surface area contributed by atoms with Crippen molar-refractivity contribution >= 4 is 11.9 Å². The van der Waals surface area contributed by atoms with Crippen LogP contribution in [0.2, 0.25) is 0 Å². The maximum absolute atomic E-state index is 13.5. The number of hydrogen-bond acceptors (Lipinski definition) is 6. The maximum Gasteiger partial charge on any atom is 0.337 e. The summed E-state index contributed by atoms with van der Waals surface area (Å²) >= 11 is 0. The lowest BCUT2D eigenvalue weighted by Crippen LogP contribution is -2.42. The van der Waals surface area contributed by atoms with Crippen LogP contribution in [0.5, 0.6) is 17.2 Å². The fourth-order valence-corrected chi connectivity index (χ4v) is 4.29. The van der Waals surface area contributed by atoms with Gasteiger partial charge in [-0.25, -0.2) is 4.79 Å². The van der Waals surface area contributed by atoms with Gasteiger partial charge >= 0.3 is 5.97 Å². The molecular formula is C28H29NO6. The summed E-state index contributed by atoms with van der Waals surface area (Å²) in [6.45, 7) is 2.77. The topological polar surface area (TPSA) is 74.3 Å². The standard InChI is InChI=1S/C28H29NO6/c1-18-5-7-19(8-6-18)27(30)29-14-13-21-15-25(32-2)26(33-3)16-23(21)24(29)17-35-22-11-9-20(10-12-22)28(31)34-4/h5-12,15-16,24H,13-14,17H2,1-4H3/t24-/m0/s1. The molecule has 1 atom stereocenters. The molecule has 0 aromatic heterocycles. The van der Waals surface area contributed by atoms with Gasteiger partial charge in [-0.15, -0.1) is 0 Å². The Bertz CT molecular complexity index is 1200. The predicted octanol–water partition coefficient (Wildman–Crippen LogP) is 4.62. The lowest BCUT2D eigenvalue weighted by molar-refractivity contribution is 0.0583. The van der Waals surface area contributed by atoms with Gasteiger partial charge in [-0.2, -0.15) is 0 Å². The summed E-state index contributed by atoms with van der Waals surface area (Å²) in [5, 5.41) is 0. The second-order valence-corrected chi connectivity index (χ2v) is 8.36. The van der Waals surface area contributed by atoms with Crippen LogP contribution in [0.25, 0.3) is 0 Å². The van der Waals surface area contributed by atoms with E-state index in [1.807, 2.05) is 48.2 Å². The zero-order valence-electron chi connectivity index (χ0n) is 20.4. The molecule has 0 spiro atoms. The highest BCUT2D eigenvalue weighted by atomic mass is 16.5. The van der Waals surface area contributed by atoms with E-state index < -0.39 is 5.97 Å². The third-order valence-electron chi connectivity index (χ3n) is 6.25. The number of carbonyl (C=O) groups is 2. The van der Waals surface area contributed by atoms with Gasteiger partial charge in [-0.3, -0.25) is 4.79 Å². The van der Waals surface area contributed by atoms with Crippen LogP contribution in [-0.2, 0) is 11.2 Å². The highest BCUT2D eigenvalue weighted by molar-refractivity contribution is 5.94. The smallest absolute Gasteiger partial charge is 0.337 e. The molecular weight excluding hydrogens is 446 g/mol. The minimum Gasteiger partial charge on any atom is -0.493 e. The Morgan fingerprint density at radius 3 is 2.14 bits per heavy atom. The summed E-state index contributed by atoms with van der Waals surface area (Å²) in [5.41, 5.74) is 4.21. The van der Waals surface area contributed by atoms with Crippen LogP contribution in [0, 0.1) is 6.92 Å². The predicted molar refractivity (Wildman–Crippen MR) is 131 cm³/mol. The molecule has 3 aromatic rings. The Morgan fingerprint density at radius 2 is 1.51 bits per heavy atom. The molecule has 35 heavy (non-hydrogen) atoms. The van der Waals surface area contributed by atoms with Gasteiger partial charge < -0.3 is 23.8 Å². The fourth-order valence-electron chi connectivity index (χ4n) is 4.29. The molecule has 0 N–H and O–H groups in total. The summed E-state index contributed by atoms with van der Waals surface area (Å²) in [7, 11) is 4.55.